The molecular weight excluding hydrogens is 625 g/mol. The Bertz CT molecular complexity index is 2800. The molecule has 9 aromatic rings. The van der Waals surface area contributed by atoms with E-state index in [1.165, 1.54) is 93.9 Å². The fourth-order valence-corrected chi connectivity index (χ4v) is 9.59. The molecule has 9 aromatic carbocycles. The Kier molecular flexibility index (Phi) is 6.33. The van der Waals surface area contributed by atoms with Gasteiger partial charge < -0.3 is 0 Å². The molecule has 0 bridgehead atoms. The van der Waals surface area contributed by atoms with Crippen molar-refractivity contribution in [2.24, 2.45) is 0 Å². The Morgan fingerprint density at radius 2 is 0.827 bits per heavy atom. The minimum atomic E-state index is -0.312. The summed E-state index contributed by atoms with van der Waals surface area (Å²) in [5, 5.41) is 5.10. The highest BCUT2D eigenvalue weighted by Crippen LogP contribution is 2.62. The lowest BCUT2D eigenvalue weighted by Crippen LogP contribution is -2.25. The second-order valence-electron chi connectivity index (χ2n) is 14.4. The normalized spacial score (nSPS) is 13.8. The van der Waals surface area contributed by atoms with Crippen LogP contribution in [0.1, 0.15) is 44.9 Å². The van der Waals surface area contributed by atoms with Gasteiger partial charge in [0.15, 0.2) is 0 Å². The van der Waals surface area contributed by atoms with Crippen molar-refractivity contribution in [2.45, 2.75) is 11.3 Å². The van der Waals surface area contributed by atoms with E-state index in [4.69, 9.17) is 0 Å². The molecular formula is C52H34. The molecule has 0 saturated heterocycles. The van der Waals surface area contributed by atoms with Crippen LogP contribution < -0.4 is 0 Å². The molecule has 52 heavy (non-hydrogen) atoms. The van der Waals surface area contributed by atoms with Crippen LogP contribution in [0.2, 0.25) is 0 Å². The first-order valence-corrected chi connectivity index (χ1v) is 18.3. The Hall–Kier alpha value is -6.50. The van der Waals surface area contributed by atoms with Crippen LogP contribution in [0.4, 0.5) is 0 Å². The van der Waals surface area contributed by atoms with E-state index in [1.54, 1.807) is 0 Å². The van der Waals surface area contributed by atoms with E-state index < -0.39 is 0 Å². The van der Waals surface area contributed by atoms with Gasteiger partial charge in [-0.25, -0.2) is 0 Å². The average molecular weight is 659 g/mol. The topological polar surface area (TPSA) is 0 Å². The maximum Gasteiger partial charge on any atom is 0.0725 e. The molecule has 242 valence electrons. The van der Waals surface area contributed by atoms with Gasteiger partial charge in [0, 0.05) is 5.92 Å². The van der Waals surface area contributed by atoms with Crippen molar-refractivity contribution in [1.29, 1.82) is 0 Å². The van der Waals surface area contributed by atoms with E-state index in [0.717, 1.165) is 0 Å². The Balaban J connectivity index is 1.05. The standard InChI is InChI=1S/C52H34/c1-2-14-38-32-40(29-26-34(38)12-1)51(45-20-11-15-36-13-3-4-16-41(36)45)37-27-24-35(25-28-37)39-30-31-50-46(33-39)44-19-7-10-23-49(44)52(50)47-21-8-5-17-42(47)43-18-6-9-22-48(43)52/h1-33,51H. The van der Waals surface area contributed by atoms with Gasteiger partial charge in [-0.05, 0) is 99.9 Å². The van der Waals surface area contributed by atoms with Crippen LogP contribution in [0.3, 0.4) is 0 Å². The largest absolute Gasteiger partial charge is 0.0725 e. The summed E-state index contributed by atoms with van der Waals surface area (Å²) in [6, 6.07) is 74.8. The van der Waals surface area contributed by atoms with Crippen molar-refractivity contribution in [2.75, 3.05) is 0 Å². The first kappa shape index (κ1) is 29.3. The van der Waals surface area contributed by atoms with Gasteiger partial charge in [-0.2, -0.15) is 0 Å². The first-order chi connectivity index (χ1) is 25.8. The SMILES string of the molecule is c1ccc2c(c1)-c1ccccc1C21c2ccccc2-c2cc(-c3ccc(C(c4ccc5ccccc5c4)c4cccc5ccccc45)cc3)ccc21. The Labute approximate surface area is 304 Å². The van der Waals surface area contributed by atoms with Gasteiger partial charge in [0.05, 0.1) is 5.41 Å². The molecule has 0 heteroatoms. The highest BCUT2D eigenvalue weighted by molar-refractivity contribution is 5.96. The van der Waals surface area contributed by atoms with Gasteiger partial charge in [-0.1, -0.05) is 194 Å². The molecule has 0 aromatic heterocycles. The van der Waals surface area contributed by atoms with Gasteiger partial charge in [0.2, 0.25) is 0 Å². The van der Waals surface area contributed by atoms with Gasteiger partial charge >= 0.3 is 0 Å². The van der Waals surface area contributed by atoms with Gasteiger partial charge in [0.1, 0.15) is 0 Å². The molecule has 1 atom stereocenters. The molecule has 0 heterocycles. The fraction of sp³-hybridized carbons (Fsp3) is 0.0385. The number of rotatable bonds is 4. The molecule has 0 aliphatic heterocycles. The van der Waals surface area contributed by atoms with E-state index >= 15 is 0 Å². The molecule has 2 aliphatic carbocycles. The van der Waals surface area contributed by atoms with E-state index in [0.29, 0.717) is 0 Å². The number of fused-ring (bicyclic) bond motifs is 12. The molecule has 0 fully saturated rings. The molecule has 0 saturated carbocycles. The van der Waals surface area contributed by atoms with Gasteiger partial charge in [-0.3, -0.25) is 0 Å². The molecule has 1 spiro atoms. The second kappa shape index (κ2) is 11.3. The third kappa shape index (κ3) is 4.10. The third-order valence-corrected chi connectivity index (χ3v) is 11.8. The lowest BCUT2D eigenvalue weighted by molar-refractivity contribution is 0.794. The second-order valence-corrected chi connectivity index (χ2v) is 14.4. The van der Waals surface area contributed by atoms with Crippen molar-refractivity contribution >= 4 is 21.5 Å². The van der Waals surface area contributed by atoms with Crippen LogP contribution >= 0.6 is 0 Å². The zero-order chi connectivity index (χ0) is 34.2. The summed E-state index contributed by atoms with van der Waals surface area (Å²) in [6.45, 7) is 0. The number of benzene rings is 9. The van der Waals surface area contributed by atoms with Gasteiger partial charge in [-0.15, -0.1) is 0 Å². The quantitative estimate of drug-likeness (QED) is 0.165. The van der Waals surface area contributed by atoms with E-state index in [9.17, 15) is 0 Å². The van der Waals surface area contributed by atoms with E-state index in [1.807, 2.05) is 0 Å². The highest BCUT2D eigenvalue weighted by Gasteiger charge is 2.51. The van der Waals surface area contributed by atoms with E-state index in [2.05, 4.69) is 200 Å². The summed E-state index contributed by atoms with van der Waals surface area (Å²) in [5.41, 5.74) is 16.9. The predicted molar refractivity (Wildman–Crippen MR) is 217 cm³/mol. The van der Waals surface area contributed by atoms with Crippen LogP contribution in [-0.2, 0) is 5.41 Å². The molecule has 11 rings (SSSR count). The molecule has 2 aliphatic rings. The maximum atomic E-state index is 2.44. The van der Waals surface area contributed by atoms with Crippen LogP contribution in [0.15, 0.2) is 200 Å². The average Bonchev–Trinajstić information content (AvgIpc) is 3.68. The molecule has 0 N–H and O–H groups in total. The van der Waals surface area contributed by atoms with Gasteiger partial charge in [0.25, 0.3) is 0 Å². The minimum Gasteiger partial charge on any atom is -0.0619 e. The summed E-state index contributed by atoms with van der Waals surface area (Å²) < 4.78 is 0. The number of hydrogen-bond donors (Lipinski definition) is 0. The maximum absolute atomic E-state index is 2.44. The Morgan fingerprint density at radius 3 is 1.54 bits per heavy atom. The van der Waals surface area contributed by atoms with Crippen molar-refractivity contribution in [3.05, 3.63) is 239 Å². The van der Waals surface area contributed by atoms with Crippen LogP contribution in [-0.4, -0.2) is 0 Å². The van der Waals surface area contributed by atoms with Crippen molar-refractivity contribution in [1.82, 2.24) is 0 Å². The van der Waals surface area contributed by atoms with Crippen molar-refractivity contribution in [3.63, 3.8) is 0 Å². The van der Waals surface area contributed by atoms with Crippen molar-refractivity contribution in [3.8, 4) is 33.4 Å². The minimum absolute atomic E-state index is 0.0963. The van der Waals surface area contributed by atoms with Crippen molar-refractivity contribution < 1.29 is 0 Å². The summed E-state index contributed by atoms with van der Waals surface area (Å²) in [6.07, 6.45) is 0. The fourth-order valence-electron chi connectivity index (χ4n) is 9.59. The van der Waals surface area contributed by atoms with Crippen LogP contribution in [0, 0.1) is 0 Å². The van der Waals surface area contributed by atoms with Crippen LogP contribution in [0.25, 0.3) is 54.9 Å². The lowest BCUT2D eigenvalue weighted by atomic mass is 9.70. The summed E-state index contributed by atoms with van der Waals surface area (Å²) >= 11 is 0. The monoisotopic (exact) mass is 658 g/mol. The first-order valence-electron chi connectivity index (χ1n) is 18.3. The molecule has 0 amide bonds. The van der Waals surface area contributed by atoms with Crippen LogP contribution in [0.5, 0.6) is 0 Å². The molecule has 0 nitrogen and oxygen atoms in total. The summed E-state index contributed by atoms with van der Waals surface area (Å²) in [7, 11) is 0. The Morgan fingerprint density at radius 1 is 0.308 bits per heavy atom. The predicted octanol–water partition coefficient (Wildman–Crippen LogP) is 13.2. The zero-order valence-electron chi connectivity index (χ0n) is 28.6. The zero-order valence-corrected chi connectivity index (χ0v) is 28.6. The number of hydrogen-bond acceptors (Lipinski definition) is 0. The highest BCUT2D eigenvalue weighted by atomic mass is 14.5. The smallest absolute Gasteiger partial charge is 0.0619 e. The summed E-state index contributed by atoms with van der Waals surface area (Å²) in [5.74, 6) is 0.0963. The lowest BCUT2D eigenvalue weighted by Gasteiger charge is -2.30. The van der Waals surface area contributed by atoms with E-state index in [-0.39, 0.29) is 11.3 Å². The summed E-state index contributed by atoms with van der Waals surface area (Å²) in [4.78, 5) is 0. The molecule has 1 unspecified atom stereocenters. The molecule has 0 radical (unpaired) electrons. The third-order valence-electron chi connectivity index (χ3n) is 11.8.